The van der Waals surface area contributed by atoms with E-state index in [-0.39, 0.29) is 12.5 Å². The first-order valence-corrected chi connectivity index (χ1v) is 25.0. The molecular weight excluding hydrogens is 675 g/mol. The second-order valence-corrected chi connectivity index (χ2v) is 17.2. The summed E-state index contributed by atoms with van der Waals surface area (Å²) in [5, 5.41) is 23.3. The van der Waals surface area contributed by atoms with Gasteiger partial charge in [-0.3, -0.25) is 4.79 Å². The molecule has 55 heavy (non-hydrogen) atoms. The van der Waals surface area contributed by atoms with Crippen molar-refractivity contribution in [3.8, 4) is 0 Å². The number of amides is 1. The van der Waals surface area contributed by atoms with Gasteiger partial charge >= 0.3 is 0 Å². The summed E-state index contributed by atoms with van der Waals surface area (Å²) in [4.78, 5) is 12.4. The molecule has 0 aromatic heterocycles. The van der Waals surface area contributed by atoms with Crippen molar-refractivity contribution >= 4 is 5.91 Å². The first-order chi connectivity index (χ1) is 27.2. The molecule has 0 aliphatic carbocycles. The van der Waals surface area contributed by atoms with Gasteiger partial charge in [-0.25, -0.2) is 0 Å². The molecule has 0 aliphatic rings. The third-order valence-corrected chi connectivity index (χ3v) is 11.7. The SMILES string of the molecule is CCCCC/C=C\C/C=C\CCCCCCCCCCCC(=O)NC(CO)C(O)CCCCCCCCCCCCCCCCCCCCCCCCCC. The molecule has 0 heterocycles. The Morgan fingerprint density at radius 2 is 0.745 bits per heavy atom. The molecule has 326 valence electrons. The summed E-state index contributed by atoms with van der Waals surface area (Å²) >= 11 is 0. The Balaban J connectivity index is 3.46. The number of rotatable bonds is 46. The van der Waals surface area contributed by atoms with E-state index in [1.807, 2.05) is 0 Å². The fourth-order valence-corrected chi connectivity index (χ4v) is 7.86. The molecule has 0 radical (unpaired) electrons. The highest BCUT2D eigenvalue weighted by atomic mass is 16.3. The predicted molar refractivity (Wildman–Crippen MR) is 244 cm³/mol. The van der Waals surface area contributed by atoms with E-state index in [2.05, 4.69) is 43.5 Å². The first kappa shape index (κ1) is 53.9. The van der Waals surface area contributed by atoms with E-state index in [0.717, 1.165) is 32.1 Å². The lowest BCUT2D eigenvalue weighted by atomic mass is 10.0. The lowest BCUT2D eigenvalue weighted by Crippen LogP contribution is -2.45. The third-order valence-electron chi connectivity index (χ3n) is 11.7. The van der Waals surface area contributed by atoms with Crippen LogP contribution in [0.2, 0.25) is 0 Å². The van der Waals surface area contributed by atoms with E-state index in [1.54, 1.807) is 0 Å². The fourth-order valence-electron chi connectivity index (χ4n) is 7.86. The number of carbonyl (C=O) groups is 1. The molecule has 0 rings (SSSR count). The van der Waals surface area contributed by atoms with Gasteiger partial charge < -0.3 is 15.5 Å². The highest BCUT2D eigenvalue weighted by Gasteiger charge is 2.20. The van der Waals surface area contributed by atoms with Crippen molar-refractivity contribution < 1.29 is 15.0 Å². The maximum absolute atomic E-state index is 12.4. The van der Waals surface area contributed by atoms with Crippen LogP contribution < -0.4 is 5.32 Å². The van der Waals surface area contributed by atoms with Crippen LogP contribution in [0.4, 0.5) is 0 Å². The second kappa shape index (κ2) is 47.2. The number of carbonyl (C=O) groups excluding carboxylic acids is 1. The summed E-state index contributed by atoms with van der Waals surface area (Å²) in [5.41, 5.74) is 0. The van der Waals surface area contributed by atoms with E-state index in [9.17, 15) is 15.0 Å². The van der Waals surface area contributed by atoms with Crippen LogP contribution in [0.25, 0.3) is 0 Å². The molecule has 0 bridgehead atoms. The van der Waals surface area contributed by atoms with Gasteiger partial charge in [-0.05, 0) is 44.9 Å². The lowest BCUT2D eigenvalue weighted by Gasteiger charge is -2.22. The molecule has 0 saturated carbocycles. The molecule has 2 unspecified atom stereocenters. The summed E-state index contributed by atoms with van der Waals surface area (Å²) in [6.45, 7) is 4.36. The second-order valence-electron chi connectivity index (χ2n) is 17.2. The molecule has 0 spiro atoms. The minimum atomic E-state index is -0.660. The molecule has 0 fully saturated rings. The van der Waals surface area contributed by atoms with E-state index >= 15 is 0 Å². The summed E-state index contributed by atoms with van der Waals surface area (Å²) in [6, 6.07) is -0.537. The third kappa shape index (κ3) is 43.8. The lowest BCUT2D eigenvalue weighted by molar-refractivity contribution is -0.123. The standard InChI is InChI=1S/C51H99NO3/c1-3-5-7-9-11-13-15-17-19-21-23-24-25-26-27-29-30-32-34-36-38-40-42-44-46-50(54)49(48-53)52-51(55)47-45-43-41-39-37-35-33-31-28-22-20-18-16-14-12-10-8-6-4-2/h12,14,18,20,49-50,53-54H,3-11,13,15-17,19,21-48H2,1-2H3,(H,52,55)/b14-12-,20-18-. The number of hydrogen-bond donors (Lipinski definition) is 3. The van der Waals surface area contributed by atoms with E-state index in [0.29, 0.717) is 12.8 Å². The van der Waals surface area contributed by atoms with Crippen LogP contribution in [0.1, 0.15) is 277 Å². The Labute approximate surface area is 345 Å². The van der Waals surface area contributed by atoms with Gasteiger partial charge in [-0.2, -0.15) is 0 Å². The monoisotopic (exact) mass is 774 g/mol. The molecule has 2 atom stereocenters. The Bertz CT molecular complexity index is 795. The van der Waals surface area contributed by atoms with Crippen molar-refractivity contribution in [3.05, 3.63) is 24.3 Å². The first-order valence-electron chi connectivity index (χ1n) is 25.0. The average molecular weight is 774 g/mol. The van der Waals surface area contributed by atoms with Crippen LogP contribution in [0.5, 0.6) is 0 Å². The number of unbranched alkanes of at least 4 members (excludes halogenated alkanes) is 35. The number of aliphatic hydroxyl groups excluding tert-OH is 2. The zero-order valence-corrected chi connectivity index (χ0v) is 37.5. The molecule has 1 amide bonds. The smallest absolute Gasteiger partial charge is 0.220 e. The zero-order valence-electron chi connectivity index (χ0n) is 37.5. The van der Waals surface area contributed by atoms with Gasteiger partial charge in [0.2, 0.25) is 5.91 Å². The quantitative estimate of drug-likeness (QED) is 0.0426. The van der Waals surface area contributed by atoms with Crippen molar-refractivity contribution in [1.29, 1.82) is 0 Å². The van der Waals surface area contributed by atoms with Crippen LogP contribution in [-0.4, -0.2) is 34.9 Å². The maximum atomic E-state index is 12.4. The molecular formula is C51H99NO3. The summed E-state index contributed by atoms with van der Waals surface area (Å²) in [6.07, 6.45) is 61.3. The van der Waals surface area contributed by atoms with E-state index in [1.165, 1.54) is 218 Å². The summed E-state index contributed by atoms with van der Waals surface area (Å²) in [7, 11) is 0. The Kier molecular flexibility index (Phi) is 46.3. The number of aliphatic hydroxyl groups is 2. The largest absolute Gasteiger partial charge is 0.394 e. The Morgan fingerprint density at radius 1 is 0.436 bits per heavy atom. The zero-order chi connectivity index (χ0) is 40.0. The van der Waals surface area contributed by atoms with Crippen molar-refractivity contribution in [2.24, 2.45) is 0 Å². The maximum Gasteiger partial charge on any atom is 0.220 e. The molecule has 0 aromatic carbocycles. The molecule has 0 aliphatic heterocycles. The van der Waals surface area contributed by atoms with Gasteiger partial charge in [0.1, 0.15) is 0 Å². The minimum absolute atomic E-state index is 0.0327. The topological polar surface area (TPSA) is 69.6 Å². The van der Waals surface area contributed by atoms with Crippen LogP contribution in [0, 0.1) is 0 Å². The molecule has 4 heteroatoms. The van der Waals surface area contributed by atoms with Gasteiger partial charge in [0.15, 0.2) is 0 Å². The molecule has 0 saturated heterocycles. The van der Waals surface area contributed by atoms with Crippen LogP contribution in [-0.2, 0) is 4.79 Å². The number of hydrogen-bond acceptors (Lipinski definition) is 3. The van der Waals surface area contributed by atoms with Gasteiger partial charge in [-0.15, -0.1) is 0 Å². The van der Waals surface area contributed by atoms with Crippen molar-refractivity contribution in [3.63, 3.8) is 0 Å². The molecule has 0 aromatic rings. The normalized spacial score (nSPS) is 13.0. The fraction of sp³-hybridized carbons (Fsp3) is 0.902. The number of allylic oxidation sites excluding steroid dienone is 4. The highest BCUT2D eigenvalue weighted by molar-refractivity contribution is 5.76. The molecule has 4 nitrogen and oxygen atoms in total. The summed E-state index contributed by atoms with van der Waals surface area (Å²) in [5.74, 6) is -0.0327. The van der Waals surface area contributed by atoms with Crippen LogP contribution >= 0.6 is 0 Å². The van der Waals surface area contributed by atoms with Gasteiger partial charge in [0.25, 0.3) is 0 Å². The Morgan fingerprint density at radius 3 is 1.13 bits per heavy atom. The van der Waals surface area contributed by atoms with Crippen LogP contribution in [0.3, 0.4) is 0 Å². The number of nitrogens with one attached hydrogen (secondary N) is 1. The van der Waals surface area contributed by atoms with E-state index < -0.39 is 12.1 Å². The van der Waals surface area contributed by atoms with Crippen LogP contribution in [0.15, 0.2) is 24.3 Å². The summed E-state index contributed by atoms with van der Waals surface area (Å²) < 4.78 is 0. The van der Waals surface area contributed by atoms with Gasteiger partial charge in [0, 0.05) is 6.42 Å². The van der Waals surface area contributed by atoms with Crippen molar-refractivity contribution in [1.82, 2.24) is 5.32 Å². The van der Waals surface area contributed by atoms with Gasteiger partial charge in [-0.1, -0.05) is 250 Å². The average Bonchev–Trinajstić information content (AvgIpc) is 3.19. The van der Waals surface area contributed by atoms with Gasteiger partial charge in [0.05, 0.1) is 18.8 Å². The predicted octanol–water partition coefficient (Wildman–Crippen LogP) is 16.0. The van der Waals surface area contributed by atoms with E-state index in [4.69, 9.17) is 0 Å². The highest BCUT2D eigenvalue weighted by Crippen LogP contribution is 2.17. The van der Waals surface area contributed by atoms with Crippen molar-refractivity contribution in [2.45, 2.75) is 289 Å². The van der Waals surface area contributed by atoms with Crippen molar-refractivity contribution in [2.75, 3.05) is 6.61 Å². The minimum Gasteiger partial charge on any atom is -0.394 e. The Hall–Kier alpha value is -1.13. The molecule has 3 N–H and O–H groups in total.